The molecule has 0 aliphatic rings. The Balaban J connectivity index is 1.94. The van der Waals surface area contributed by atoms with Crippen molar-refractivity contribution in [1.29, 1.82) is 0 Å². The molecule has 0 saturated carbocycles. The van der Waals surface area contributed by atoms with Gasteiger partial charge in [0, 0.05) is 17.2 Å². The van der Waals surface area contributed by atoms with Crippen LogP contribution in [0.25, 0.3) is 11.1 Å². The lowest BCUT2D eigenvalue weighted by atomic mass is 10.0. The van der Waals surface area contributed by atoms with E-state index < -0.39 is 52.8 Å². The molecule has 32 heavy (non-hydrogen) atoms. The van der Waals surface area contributed by atoms with Gasteiger partial charge in [-0.2, -0.15) is 8.78 Å². The van der Waals surface area contributed by atoms with Gasteiger partial charge in [0.15, 0.2) is 11.6 Å². The van der Waals surface area contributed by atoms with E-state index in [1.54, 1.807) is 0 Å². The zero-order valence-corrected chi connectivity index (χ0v) is 16.0. The molecule has 0 aliphatic carbocycles. The SMILES string of the molecule is Fc1cc(OC(F)(F)c2c(F)cc(-c3ccc(Cl)cc3)cc2F)cc(F)c1OC(F)(F)F. The molecule has 3 aromatic carbocycles. The number of halogens is 10. The Bertz CT molecular complexity index is 1100. The largest absolute Gasteiger partial charge is 0.573 e. The summed E-state index contributed by atoms with van der Waals surface area (Å²) in [5, 5.41) is 0.317. The van der Waals surface area contributed by atoms with Crippen molar-refractivity contribution in [2.45, 2.75) is 12.5 Å². The summed E-state index contributed by atoms with van der Waals surface area (Å²) in [6.45, 7) is 0. The van der Waals surface area contributed by atoms with Gasteiger partial charge < -0.3 is 9.47 Å². The molecule has 170 valence electrons. The molecule has 0 aliphatic heterocycles. The van der Waals surface area contributed by atoms with Crippen molar-refractivity contribution in [3.05, 3.63) is 82.4 Å². The van der Waals surface area contributed by atoms with Gasteiger partial charge in [0.2, 0.25) is 5.75 Å². The van der Waals surface area contributed by atoms with Crippen molar-refractivity contribution in [3.8, 4) is 22.6 Å². The molecule has 12 heteroatoms. The van der Waals surface area contributed by atoms with Gasteiger partial charge >= 0.3 is 12.5 Å². The Morgan fingerprint density at radius 3 is 1.59 bits per heavy atom. The topological polar surface area (TPSA) is 18.5 Å². The van der Waals surface area contributed by atoms with Crippen LogP contribution in [0, 0.1) is 23.3 Å². The molecule has 0 spiro atoms. The van der Waals surface area contributed by atoms with Crippen LogP contribution in [0.1, 0.15) is 5.56 Å². The van der Waals surface area contributed by atoms with Crippen LogP contribution in [0.4, 0.5) is 39.5 Å². The maximum atomic E-state index is 14.4. The third-order valence-electron chi connectivity index (χ3n) is 3.95. The molecule has 0 unspecified atom stereocenters. The van der Waals surface area contributed by atoms with Crippen LogP contribution in [0.2, 0.25) is 5.02 Å². The van der Waals surface area contributed by atoms with Gasteiger partial charge in [-0.1, -0.05) is 23.7 Å². The monoisotopic (exact) mass is 486 g/mol. The van der Waals surface area contributed by atoms with Crippen molar-refractivity contribution >= 4 is 11.6 Å². The minimum Gasteiger partial charge on any atom is -0.429 e. The molecule has 0 bridgehead atoms. The fraction of sp³-hybridized carbons (Fsp3) is 0.100. The van der Waals surface area contributed by atoms with E-state index in [-0.39, 0.29) is 23.3 Å². The number of hydrogen-bond donors (Lipinski definition) is 0. The van der Waals surface area contributed by atoms with E-state index in [4.69, 9.17) is 11.6 Å². The molecule has 2 nitrogen and oxygen atoms in total. The molecule has 0 saturated heterocycles. The van der Waals surface area contributed by atoms with E-state index in [9.17, 15) is 39.5 Å². The predicted molar refractivity (Wildman–Crippen MR) is 94.4 cm³/mol. The number of ether oxygens (including phenoxy) is 2. The van der Waals surface area contributed by atoms with Gasteiger partial charge in [-0.05, 0) is 35.4 Å². The van der Waals surface area contributed by atoms with Gasteiger partial charge in [0.25, 0.3) is 0 Å². The average Bonchev–Trinajstić information content (AvgIpc) is 2.63. The van der Waals surface area contributed by atoms with E-state index in [2.05, 4.69) is 9.47 Å². The average molecular weight is 487 g/mol. The smallest absolute Gasteiger partial charge is 0.429 e. The van der Waals surface area contributed by atoms with Crippen LogP contribution < -0.4 is 9.47 Å². The van der Waals surface area contributed by atoms with Gasteiger partial charge in [0.1, 0.15) is 22.9 Å². The number of rotatable bonds is 5. The number of hydrogen-bond acceptors (Lipinski definition) is 2. The molecule has 0 radical (unpaired) electrons. The first-order chi connectivity index (χ1) is 14.8. The maximum Gasteiger partial charge on any atom is 0.573 e. The predicted octanol–water partition coefficient (Wildman–Crippen LogP) is 7.59. The second kappa shape index (κ2) is 8.45. The minimum atomic E-state index is -5.47. The molecule has 3 aromatic rings. The molecule has 3 rings (SSSR count). The van der Waals surface area contributed by atoms with Gasteiger partial charge in [0.05, 0.1) is 0 Å². The highest BCUT2D eigenvalue weighted by Crippen LogP contribution is 2.39. The lowest BCUT2D eigenvalue weighted by Crippen LogP contribution is -2.25. The van der Waals surface area contributed by atoms with E-state index in [0.29, 0.717) is 17.2 Å². The van der Waals surface area contributed by atoms with Crippen molar-refractivity contribution in [2.24, 2.45) is 0 Å². The van der Waals surface area contributed by atoms with Crippen LogP contribution in [0.5, 0.6) is 11.5 Å². The summed E-state index contributed by atoms with van der Waals surface area (Å²) < 4.78 is 129. The Labute approximate surface area is 178 Å². The number of benzene rings is 3. The van der Waals surface area contributed by atoms with Crippen molar-refractivity contribution < 1.29 is 49.0 Å². The summed E-state index contributed by atoms with van der Waals surface area (Å²) in [4.78, 5) is 0. The summed E-state index contributed by atoms with van der Waals surface area (Å²) in [5.41, 5.74) is -1.76. The highest BCUT2D eigenvalue weighted by molar-refractivity contribution is 6.30. The third kappa shape index (κ3) is 5.21. The molecule has 0 N–H and O–H groups in total. The fourth-order valence-corrected chi connectivity index (χ4v) is 2.79. The summed E-state index contributed by atoms with van der Waals surface area (Å²) >= 11 is 5.71. The zero-order chi connectivity index (χ0) is 23.8. The van der Waals surface area contributed by atoms with Gasteiger partial charge in [-0.15, -0.1) is 13.2 Å². The van der Waals surface area contributed by atoms with Crippen LogP contribution >= 0.6 is 11.6 Å². The highest BCUT2D eigenvalue weighted by atomic mass is 35.5. The van der Waals surface area contributed by atoms with Gasteiger partial charge in [-0.3, -0.25) is 0 Å². The quantitative estimate of drug-likeness (QED) is 0.346. The van der Waals surface area contributed by atoms with E-state index in [1.165, 1.54) is 24.3 Å². The summed E-state index contributed by atoms with van der Waals surface area (Å²) in [6, 6.07) is 6.57. The van der Waals surface area contributed by atoms with E-state index in [0.717, 1.165) is 0 Å². The Hall–Kier alpha value is -3.08. The molecule has 0 atom stereocenters. The summed E-state index contributed by atoms with van der Waals surface area (Å²) in [5.74, 6) is -10.8. The summed E-state index contributed by atoms with van der Waals surface area (Å²) in [7, 11) is 0. The highest BCUT2D eigenvalue weighted by Gasteiger charge is 2.42. The molecular weight excluding hydrogens is 479 g/mol. The second-order valence-corrected chi connectivity index (χ2v) is 6.64. The van der Waals surface area contributed by atoms with E-state index in [1.807, 2.05) is 0 Å². The lowest BCUT2D eigenvalue weighted by molar-refractivity contribution is -0.276. The third-order valence-corrected chi connectivity index (χ3v) is 4.20. The molecule has 0 heterocycles. The Kier molecular flexibility index (Phi) is 6.23. The first-order valence-electron chi connectivity index (χ1n) is 8.34. The van der Waals surface area contributed by atoms with Crippen molar-refractivity contribution in [1.82, 2.24) is 0 Å². The Morgan fingerprint density at radius 1 is 0.625 bits per heavy atom. The molecular formula is C20H8ClF9O2. The van der Waals surface area contributed by atoms with Crippen LogP contribution in [0.3, 0.4) is 0 Å². The zero-order valence-electron chi connectivity index (χ0n) is 15.2. The standard InChI is InChI=1S/C20H8ClF9O2/c21-11-3-1-9(2-4-11)10-5-13(22)17(14(23)6-10)19(26,27)31-12-7-15(24)18(16(25)8-12)32-20(28,29)30/h1-8H. The first kappa shape index (κ1) is 23.6. The first-order valence-corrected chi connectivity index (χ1v) is 8.72. The van der Waals surface area contributed by atoms with Crippen LogP contribution in [-0.4, -0.2) is 6.36 Å². The van der Waals surface area contributed by atoms with Gasteiger partial charge in [-0.25, -0.2) is 17.6 Å². The van der Waals surface area contributed by atoms with E-state index >= 15 is 0 Å². The second-order valence-electron chi connectivity index (χ2n) is 6.20. The molecule has 0 fully saturated rings. The maximum absolute atomic E-state index is 14.4. The van der Waals surface area contributed by atoms with Crippen LogP contribution in [-0.2, 0) is 6.11 Å². The van der Waals surface area contributed by atoms with Crippen molar-refractivity contribution in [3.63, 3.8) is 0 Å². The lowest BCUT2D eigenvalue weighted by Gasteiger charge is -2.20. The normalized spacial score (nSPS) is 12.1. The Morgan fingerprint density at radius 2 is 1.12 bits per heavy atom. The minimum absolute atomic E-state index is 0.0596. The number of alkyl halides is 5. The molecule has 0 amide bonds. The van der Waals surface area contributed by atoms with Crippen molar-refractivity contribution in [2.75, 3.05) is 0 Å². The fourth-order valence-electron chi connectivity index (χ4n) is 2.67. The molecule has 0 aromatic heterocycles. The van der Waals surface area contributed by atoms with Crippen LogP contribution in [0.15, 0.2) is 48.5 Å². The summed E-state index contributed by atoms with van der Waals surface area (Å²) in [6.07, 6.45) is -10.3.